The Kier molecular flexibility index (Phi) is 4.85. The lowest BCUT2D eigenvalue weighted by Crippen LogP contribution is -2.24. The molecule has 0 fully saturated rings. The Morgan fingerprint density at radius 3 is 2.57 bits per heavy atom. The number of benzene rings is 2. The van der Waals surface area contributed by atoms with Gasteiger partial charge in [-0.15, -0.1) is 10.2 Å². The van der Waals surface area contributed by atoms with Crippen LogP contribution in [0.1, 0.15) is 0 Å². The molecule has 0 aliphatic heterocycles. The summed E-state index contributed by atoms with van der Waals surface area (Å²) in [5.74, 6) is 1.19. The van der Waals surface area contributed by atoms with Gasteiger partial charge in [-0.3, -0.25) is 0 Å². The predicted molar refractivity (Wildman–Crippen MR) is 86.2 cm³/mol. The summed E-state index contributed by atoms with van der Waals surface area (Å²) in [4.78, 5) is 1.35. The van der Waals surface area contributed by atoms with Crippen molar-refractivity contribution >= 4 is 11.6 Å². The number of tetrazole rings is 1. The number of ether oxygens (including phenoxy) is 1. The molecule has 7 heteroatoms. The zero-order chi connectivity index (χ0) is 16.1. The molecule has 118 valence electrons. The molecule has 0 saturated heterocycles. The number of aliphatic hydroxyl groups is 1. The zero-order valence-corrected chi connectivity index (χ0v) is 13.0. The summed E-state index contributed by atoms with van der Waals surface area (Å²) >= 11 is 5.85. The van der Waals surface area contributed by atoms with Crippen molar-refractivity contribution in [3.63, 3.8) is 0 Å². The number of rotatable bonds is 6. The molecule has 0 bridgehead atoms. The van der Waals surface area contributed by atoms with Crippen molar-refractivity contribution in [3.05, 3.63) is 59.6 Å². The molecule has 0 aliphatic carbocycles. The molecule has 1 N–H and O–H groups in total. The quantitative estimate of drug-likeness (QED) is 0.751. The minimum Gasteiger partial charge on any atom is -0.491 e. The minimum absolute atomic E-state index is 0.155. The van der Waals surface area contributed by atoms with Crippen LogP contribution >= 0.6 is 11.6 Å². The largest absolute Gasteiger partial charge is 0.491 e. The molecule has 0 amide bonds. The average molecular weight is 331 g/mol. The number of hydrogen-bond acceptors (Lipinski definition) is 5. The Morgan fingerprint density at radius 2 is 1.83 bits per heavy atom. The fourth-order valence-corrected chi connectivity index (χ4v) is 2.11. The van der Waals surface area contributed by atoms with Gasteiger partial charge in [0.05, 0.1) is 6.54 Å². The van der Waals surface area contributed by atoms with Gasteiger partial charge >= 0.3 is 0 Å². The number of aromatic nitrogens is 4. The van der Waals surface area contributed by atoms with Crippen molar-refractivity contribution in [2.24, 2.45) is 0 Å². The van der Waals surface area contributed by atoms with Crippen LogP contribution < -0.4 is 4.74 Å². The Morgan fingerprint density at radius 1 is 1.09 bits per heavy atom. The van der Waals surface area contributed by atoms with Crippen molar-refractivity contribution in [2.75, 3.05) is 6.61 Å². The highest BCUT2D eigenvalue weighted by Crippen LogP contribution is 2.17. The van der Waals surface area contributed by atoms with Crippen LogP contribution in [0.25, 0.3) is 11.4 Å². The maximum Gasteiger partial charge on any atom is 0.204 e. The summed E-state index contributed by atoms with van der Waals surface area (Å²) in [5.41, 5.74) is 0.815. The van der Waals surface area contributed by atoms with Crippen molar-refractivity contribution in [1.82, 2.24) is 20.2 Å². The second-order valence-corrected chi connectivity index (χ2v) is 5.39. The molecule has 0 spiro atoms. The van der Waals surface area contributed by atoms with E-state index in [1.54, 1.807) is 12.1 Å². The lowest BCUT2D eigenvalue weighted by atomic mass is 10.2. The molecule has 23 heavy (non-hydrogen) atoms. The van der Waals surface area contributed by atoms with E-state index in [1.165, 1.54) is 4.80 Å². The average Bonchev–Trinajstić information content (AvgIpc) is 3.03. The summed E-state index contributed by atoms with van der Waals surface area (Å²) in [6.07, 6.45) is -0.734. The first-order chi connectivity index (χ1) is 11.2. The van der Waals surface area contributed by atoms with Gasteiger partial charge in [-0.05, 0) is 41.6 Å². The number of halogens is 1. The molecular formula is C16H15ClN4O2. The lowest BCUT2D eigenvalue weighted by Gasteiger charge is -2.11. The van der Waals surface area contributed by atoms with E-state index in [0.717, 1.165) is 5.56 Å². The van der Waals surface area contributed by atoms with Crippen LogP contribution in [0.4, 0.5) is 0 Å². The topological polar surface area (TPSA) is 73.1 Å². The van der Waals surface area contributed by atoms with E-state index in [9.17, 15) is 5.11 Å². The molecule has 1 atom stereocenters. The molecular weight excluding hydrogens is 316 g/mol. The maximum atomic E-state index is 10.0. The number of aliphatic hydroxyl groups excluding tert-OH is 1. The summed E-state index contributed by atoms with van der Waals surface area (Å²) in [5, 5.41) is 22.8. The van der Waals surface area contributed by atoms with E-state index in [-0.39, 0.29) is 13.2 Å². The van der Waals surface area contributed by atoms with Gasteiger partial charge in [0.25, 0.3) is 0 Å². The van der Waals surface area contributed by atoms with Gasteiger partial charge in [-0.1, -0.05) is 29.8 Å². The van der Waals surface area contributed by atoms with Crippen LogP contribution in [0.15, 0.2) is 54.6 Å². The highest BCUT2D eigenvalue weighted by molar-refractivity contribution is 6.30. The van der Waals surface area contributed by atoms with E-state index in [1.807, 2.05) is 42.5 Å². The summed E-state index contributed by atoms with van der Waals surface area (Å²) in [6.45, 7) is 0.356. The molecule has 3 rings (SSSR count). The van der Waals surface area contributed by atoms with Gasteiger partial charge in [0.15, 0.2) is 0 Å². The Hall–Kier alpha value is -2.44. The minimum atomic E-state index is -0.734. The normalized spacial score (nSPS) is 12.1. The number of hydrogen-bond donors (Lipinski definition) is 1. The highest BCUT2D eigenvalue weighted by Gasteiger charge is 2.11. The molecule has 1 heterocycles. The molecule has 1 aromatic heterocycles. The van der Waals surface area contributed by atoms with Crippen LogP contribution in [0.2, 0.25) is 5.02 Å². The van der Waals surface area contributed by atoms with Gasteiger partial charge in [0.1, 0.15) is 18.5 Å². The van der Waals surface area contributed by atoms with E-state index in [2.05, 4.69) is 15.4 Å². The zero-order valence-electron chi connectivity index (χ0n) is 12.2. The van der Waals surface area contributed by atoms with Crippen LogP contribution in [0.3, 0.4) is 0 Å². The molecule has 2 aromatic carbocycles. The van der Waals surface area contributed by atoms with Crippen LogP contribution in [-0.2, 0) is 6.54 Å². The maximum absolute atomic E-state index is 10.0. The van der Waals surface area contributed by atoms with Crippen molar-refractivity contribution < 1.29 is 9.84 Å². The first-order valence-corrected chi connectivity index (χ1v) is 7.48. The third-order valence-electron chi connectivity index (χ3n) is 3.11. The predicted octanol–water partition coefficient (Wildman–Crippen LogP) is 2.43. The third kappa shape index (κ3) is 4.28. The first kappa shape index (κ1) is 15.5. The lowest BCUT2D eigenvalue weighted by molar-refractivity contribution is 0.0850. The molecule has 3 aromatic rings. The van der Waals surface area contributed by atoms with Crippen molar-refractivity contribution in [1.29, 1.82) is 0 Å². The number of nitrogens with zero attached hydrogens (tertiary/aromatic N) is 4. The molecule has 0 saturated carbocycles. The summed E-state index contributed by atoms with van der Waals surface area (Å²) in [7, 11) is 0. The fraction of sp³-hybridized carbons (Fsp3) is 0.188. The second kappa shape index (κ2) is 7.21. The van der Waals surface area contributed by atoms with Crippen LogP contribution in [-0.4, -0.2) is 38.0 Å². The summed E-state index contributed by atoms with van der Waals surface area (Å²) in [6, 6.07) is 16.5. The molecule has 0 aliphatic rings. The first-order valence-electron chi connectivity index (χ1n) is 7.10. The SMILES string of the molecule is OC(COc1ccccc1)Cn1nnc(-c2ccc(Cl)cc2)n1. The van der Waals surface area contributed by atoms with E-state index >= 15 is 0 Å². The Bertz CT molecular complexity index is 746. The standard InChI is InChI=1S/C16H15ClN4O2/c17-13-8-6-12(7-9-13)16-18-20-21(19-16)10-14(22)11-23-15-4-2-1-3-5-15/h1-9,14,22H,10-11H2. The Balaban J connectivity index is 1.57. The smallest absolute Gasteiger partial charge is 0.204 e. The van der Waals surface area contributed by atoms with Crippen molar-refractivity contribution in [3.8, 4) is 17.1 Å². The molecule has 0 radical (unpaired) electrons. The van der Waals surface area contributed by atoms with E-state index in [0.29, 0.717) is 16.6 Å². The second-order valence-electron chi connectivity index (χ2n) is 4.95. The van der Waals surface area contributed by atoms with Gasteiger partial charge in [-0.25, -0.2) is 0 Å². The number of para-hydroxylation sites is 1. The van der Waals surface area contributed by atoms with Gasteiger partial charge < -0.3 is 9.84 Å². The van der Waals surface area contributed by atoms with E-state index in [4.69, 9.17) is 16.3 Å². The van der Waals surface area contributed by atoms with E-state index < -0.39 is 6.10 Å². The highest BCUT2D eigenvalue weighted by atomic mass is 35.5. The van der Waals surface area contributed by atoms with Gasteiger partial charge in [0, 0.05) is 10.6 Å². The van der Waals surface area contributed by atoms with Crippen LogP contribution in [0, 0.1) is 0 Å². The van der Waals surface area contributed by atoms with Crippen molar-refractivity contribution in [2.45, 2.75) is 12.6 Å². The third-order valence-corrected chi connectivity index (χ3v) is 3.37. The van der Waals surface area contributed by atoms with Gasteiger partial charge in [-0.2, -0.15) is 4.80 Å². The van der Waals surface area contributed by atoms with Gasteiger partial charge in [0.2, 0.25) is 5.82 Å². The monoisotopic (exact) mass is 330 g/mol. The Labute approximate surface area is 138 Å². The van der Waals surface area contributed by atoms with Crippen LogP contribution in [0.5, 0.6) is 5.75 Å². The molecule has 6 nitrogen and oxygen atoms in total. The summed E-state index contributed by atoms with van der Waals surface area (Å²) < 4.78 is 5.49. The fourth-order valence-electron chi connectivity index (χ4n) is 1.99. The molecule has 1 unspecified atom stereocenters.